The van der Waals surface area contributed by atoms with Gasteiger partial charge < -0.3 is 15.2 Å². The zero-order valence-electron chi connectivity index (χ0n) is 19.8. The third-order valence-corrected chi connectivity index (χ3v) is 7.70. The molecule has 2 aliphatic rings. The highest BCUT2D eigenvalue weighted by atomic mass is 35.5. The Bertz CT molecular complexity index is 1270. The number of benzene rings is 1. The Labute approximate surface area is 220 Å². The number of fused-ring (bicyclic) bond motifs is 3. The molecular formula is C25H26Cl2F5N5. The van der Waals surface area contributed by atoms with E-state index in [1.165, 1.54) is 17.7 Å². The molecule has 5 rings (SSSR count). The quantitative estimate of drug-likeness (QED) is 0.331. The number of H-pyrrole nitrogens is 1. The standard InChI is InChI=1S/C25H26Cl2F5N5/c26-15-1-3-19-17(13-15)16-5-9-37(12-8-33-21-4-2-18(27)23(35-21)25(30,31)32)20(22(16)34-19)14-36-10-6-24(28,29)7-11-36/h1-4,13,20,34H,5-12,14H2,(H,33,35). The highest BCUT2D eigenvalue weighted by Gasteiger charge is 2.38. The molecule has 200 valence electrons. The Balaban J connectivity index is 1.34. The lowest BCUT2D eigenvalue weighted by molar-refractivity contribution is -0.141. The van der Waals surface area contributed by atoms with Crippen molar-refractivity contribution < 1.29 is 22.0 Å². The number of nitrogens with zero attached hydrogens (tertiary/aromatic N) is 3. The summed E-state index contributed by atoms with van der Waals surface area (Å²) in [6, 6.07) is 8.20. The van der Waals surface area contributed by atoms with Crippen LogP contribution in [0.3, 0.4) is 0 Å². The molecule has 1 fully saturated rings. The molecule has 4 heterocycles. The van der Waals surface area contributed by atoms with Crippen LogP contribution in [-0.2, 0) is 12.6 Å². The molecule has 5 nitrogen and oxygen atoms in total. The van der Waals surface area contributed by atoms with Crippen molar-refractivity contribution in [1.29, 1.82) is 0 Å². The molecule has 12 heteroatoms. The Morgan fingerprint density at radius 3 is 2.57 bits per heavy atom. The fourth-order valence-electron chi connectivity index (χ4n) is 5.24. The number of halogens is 7. The van der Waals surface area contributed by atoms with Crippen molar-refractivity contribution in [2.24, 2.45) is 0 Å². The van der Waals surface area contributed by atoms with Crippen molar-refractivity contribution in [2.45, 2.75) is 37.4 Å². The van der Waals surface area contributed by atoms with Crippen LogP contribution in [-0.4, -0.2) is 65.0 Å². The Morgan fingerprint density at radius 1 is 1.08 bits per heavy atom. The monoisotopic (exact) mass is 561 g/mol. The van der Waals surface area contributed by atoms with Gasteiger partial charge in [-0.15, -0.1) is 0 Å². The van der Waals surface area contributed by atoms with Gasteiger partial charge in [0.05, 0.1) is 11.1 Å². The predicted molar refractivity (Wildman–Crippen MR) is 135 cm³/mol. The van der Waals surface area contributed by atoms with E-state index in [0.29, 0.717) is 44.3 Å². The van der Waals surface area contributed by atoms with Crippen molar-refractivity contribution >= 4 is 39.9 Å². The minimum absolute atomic E-state index is 0.0875. The highest BCUT2D eigenvalue weighted by Crippen LogP contribution is 2.38. The topological polar surface area (TPSA) is 47.2 Å². The maximum absolute atomic E-state index is 13.8. The van der Waals surface area contributed by atoms with Gasteiger partial charge in [-0.05, 0) is 42.3 Å². The van der Waals surface area contributed by atoms with Crippen LogP contribution in [0.1, 0.15) is 35.8 Å². The van der Waals surface area contributed by atoms with Gasteiger partial charge in [0.2, 0.25) is 0 Å². The highest BCUT2D eigenvalue weighted by molar-refractivity contribution is 6.31. The first-order chi connectivity index (χ1) is 17.5. The smallest absolute Gasteiger partial charge is 0.369 e. The molecule has 0 saturated carbocycles. The van der Waals surface area contributed by atoms with Crippen molar-refractivity contribution in [1.82, 2.24) is 19.8 Å². The summed E-state index contributed by atoms with van der Waals surface area (Å²) in [7, 11) is 0. The maximum Gasteiger partial charge on any atom is 0.434 e. The second kappa shape index (κ2) is 10.2. The second-order valence-corrected chi connectivity index (χ2v) is 10.5. The van der Waals surface area contributed by atoms with E-state index in [9.17, 15) is 22.0 Å². The summed E-state index contributed by atoms with van der Waals surface area (Å²) in [5, 5.41) is 4.22. The summed E-state index contributed by atoms with van der Waals surface area (Å²) in [5.74, 6) is -2.54. The number of pyridine rings is 1. The third-order valence-electron chi connectivity index (χ3n) is 7.16. The number of piperidine rings is 1. The fraction of sp³-hybridized carbons (Fsp3) is 0.480. The van der Waals surface area contributed by atoms with Gasteiger partial charge in [0, 0.05) is 73.7 Å². The van der Waals surface area contributed by atoms with E-state index in [4.69, 9.17) is 23.2 Å². The molecule has 2 N–H and O–H groups in total. The zero-order valence-corrected chi connectivity index (χ0v) is 21.3. The first-order valence-electron chi connectivity index (χ1n) is 12.1. The SMILES string of the molecule is FC1(F)CCN(CC2c3[nH]c4ccc(Cl)cc4c3CCN2CCNc2ccc(Cl)c(C(F)(F)F)n2)CC1. The van der Waals surface area contributed by atoms with E-state index in [1.54, 1.807) is 0 Å². The predicted octanol–water partition coefficient (Wildman–Crippen LogP) is 6.63. The van der Waals surface area contributed by atoms with Crippen LogP contribution in [0.25, 0.3) is 10.9 Å². The summed E-state index contributed by atoms with van der Waals surface area (Å²) in [4.78, 5) is 11.5. The van der Waals surface area contributed by atoms with Gasteiger partial charge in [-0.3, -0.25) is 4.90 Å². The molecule has 0 spiro atoms. The molecule has 1 atom stereocenters. The number of aromatic amines is 1. The van der Waals surface area contributed by atoms with Crippen LogP contribution in [0, 0.1) is 0 Å². The van der Waals surface area contributed by atoms with Crippen LogP contribution < -0.4 is 5.32 Å². The number of hydrogen-bond donors (Lipinski definition) is 2. The zero-order chi connectivity index (χ0) is 26.4. The summed E-state index contributed by atoms with van der Waals surface area (Å²) in [5.41, 5.74) is 2.04. The number of rotatable bonds is 6. The molecule has 1 saturated heterocycles. The number of hydrogen-bond acceptors (Lipinski definition) is 4. The van der Waals surface area contributed by atoms with Gasteiger partial charge in [0.15, 0.2) is 5.69 Å². The maximum atomic E-state index is 13.8. The number of nitrogens with one attached hydrogen (secondary N) is 2. The summed E-state index contributed by atoms with van der Waals surface area (Å²) in [6.07, 6.45) is -4.21. The average molecular weight is 562 g/mol. The van der Waals surface area contributed by atoms with E-state index in [0.717, 1.165) is 23.0 Å². The molecule has 0 aliphatic carbocycles. The van der Waals surface area contributed by atoms with Gasteiger partial charge in [-0.1, -0.05) is 23.2 Å². The van der Waals surface area contributed by atoms with Crippen LogP contribution in [0.15, 0.2) is 30.3 Å². The largest absolute Gasteiger partial charge is 0.434 e. The Hall–Kier alpha value is -2.14. The number of alkyl halides is 5. The molecule has 37 heavy (non-hydrogen) atoms. The lowest BCUT2D eigenvalue weighted by atomic mass is 9.96. The van der Waals surface area contributed by atoms with Gasteiger partial charge >= 0.3 is 6.18 Å². The van der Waals surface area contributed by atoms with E-state index in [1.807, 2.05) is 18.2 Å². The molecule has 0 radical (unpaired) electrons. The summed E-state index contributed by atoms with van der Waals surface area (Å²) < 4.78 is 67.0. The Kier molecular flexibility index (Phi) is 7.30. The van der Waals surface area contributed by atoms with Crippen molar-refractivity contribution in [2.75, 3.05) is 44.6 Å². The van der Waals surface area contributed by atoms with Crippen molar-refractivity contribution in [3.8, 4) is 0 Å². The third kappa shape index (κ3) is 5.82. The number of likely N-dealkylation sites (tertiary alicyclic amines) is 1. The minimum atomic E-state index is -4.65. The number of anilines is 1. The van der Waals surface area contributed by atoms with E-state index < -0.39 is 22.8 Å². The fourth-order valence-corrected chi connectivity index (χ4v) is 5.62. The van der Waals surface area contributed by atoms with Crippen molar-refractivity contribution in [3.05, 3.63) is 57.3 Å². The molecule has 2 aromatic heterocycles. The Morgan fingerprint density at radius 2 is 1.84 bits per heavy atom. The van der Waals surface area contributed by atoms with Crippen molar-refractivity contribution in [3.63, 3.8) is 0 Å². The van der Waals surface area contributed by atoms with E-state index >= 15 is 0 Å². The minimum Gasteiger partial charge on any atom is -0.369 e. The lowest BCUT2D eigenvalue weighted by Crippen LogP contribution is -2.47. The normalized spacial score (nSPS) is 20.8. The van der Waals surface area contributed by atoms with Crippen LogP contribution in [0.4, 0.5) is 27.8 Å². The van der Waals surface area contributed by atoms with Gasteiger partial charge in [-0.2, -0.15) is 13.2 Å². The lowest BCUT2D eigenvalue weighted by Gasteiger charge is -2.40. The molecule has 2 aliphatic heterocycles. The summed E-state index contributed by atoms with van der Waals surface area (Å²) >= 11 is 11.9. The van der Waals surface area contributed by atoms with Crippen LogP contribution >= 0.6 is 23.2 Å². The molecule has 3 aromatic rings. The number of aromatic nitrogens is 2. The second-order valence-electron chi connectivity index (χ2n) is 9.62. The first kappa shape index (κ1) is 26.5. The van der Waals surface area contributed by atoms with Gasteiger partial charge in [-0.25, -0.2) is 13.8 Å². The molecule has 0 bridgehead atoms. The molecule has 1 aromatic carbocycles. The van der Waals surface area contributed by atoms with Crippen LogP contribution in [0.2, 0.25) is 10.0 Å². The van der Waals surface area contributed by atoms with Crippen LogP contribution in [0.5, 0.6) is 0 Å². The van der Waals surface area contributed by atoms with E-state index in [-0.39, 0.29) is 24.7 Å². The molecule has 0 amide bonds. The van der Waals surface area contributed by atoms with Gasteiger partial charge in [0.25, 0.3) is 5.92 Å². The summed E-state index contributed by atoms with van der Waals surface area (Å²) in [6.45, 7) is 2.78. The average Bonchev–Trinajstić information content (AvgIpc) is 3.20. The van der Waals surface area contributed by atoms with E-state index in [2.05, 4.69) is 25.1 Å². The molecule has 1 unspecified atom stereocenters. The first-order valence-corrected chi connectivity index (χ1v) is 12.9. The molecular weight excluding hydrogens is 536 g/mol. The van der Waals surface area contributed by atoms with Gasteiger partial charge in [0.1, 0.15) is 5.82 Å².